The Balaban J connectivity index is 1.75. The van der Waals surface area contributed by atoms with Crippen molar-refractivity contribution in [1.82, 2.24) is 4.57 Å². The van der Waals surface area contributed by atoms with Crippen molar-refractivity contribution in [3.05, 3.63) is 39.4 Å². The van der Waals surface area contributed by atoms with Gasteiger partial charge in [0.25, 0.3) is 5.56 Å². The summed E-state index contributed by atoms with van der Waals surface area (Å²) in [6.45, 7) is 3.64. The van der Waals surface area contributed by atoms with E-state index in [4.69, 9.17) is 11.5 Å². The van der Waals surface area contributed by atoms with E-state index in [0.29, 0.717) is 17.8 Å². The van der Waals surface area contributed by atoms with Crippen molar-refractivity contribution < 1.29 is 4.39 Å². The third kappa shape index (κ3) is 2.18. The van der Waals surface area contributed by atoms with Gasteiger partial charge < -0.3 is 20.9 Å². The molecular formula is C20H25FN4O. The number of halogens is 1. The molecule has 1 atom stereocenters. The number of nitrogens with zero attached hydrogens (tertiary/aromatic N) is 2. The minimum absolute atomic E-state index is 0.0297. The van der Waals surface area contributed by atoms with Gasteiger partial charge in [0.05, 0.1) is 11.2 Å². The minimum Gasteiger partial charge on any atom is -0.367 e. The first kappa shape index (κ1) is 16.3. The Morgan fingerprint density at radius 1 is 1.31 bits per heavy atom. The van der Waals surface area contributed by atoms with E-state index in [-0.39, 0.29) is 35.4 Å². The lowest BCUT2D eigenvalue weighted by molar-refractivity contribution is 0.499. The second kappa shape index (κ2) is 5.30. The van der Waals surface area contributed by atoms with E-state index >= 15 is 4.39 Å². The largest absolute Gasteiger partial charge is 0.367 e. The Kier molecular flexibility index (Phi) is 3.32. The van der Waals surface area contributed by atoms with Gasteiger partial charge >= 0.3 is 0 Å². The second-order valence-electron chi connectivity index (χ2n) is 8.39. The number of aromatic nitrogens is 1. The van der Waals surface area contributed by atoms with E-state index in [1.165, 1.54) is 0 Å². The first-order valence-corrected chi connectivity index (χ1v) is 9.53. The van der Waals surface area contributed by atoms with Gasteiger partial charge in [-0.2, -0.15) is 0 Å². The molecule has 2 aliphatic carbocycles. The summed E-state index contributed by atoms with van der Waals surface area (Å²) in [4.78, 5) is 14.8. The Morgan fingerprint density at radius 3 is 2.62 bits per heavy atom. The summed E-state index contributed by atoms with van der Waals surface area (Å²) in [5.41, 5.74) is 15.3. The standard InChI is InChI=1S/C20H25FN4O/c1-11-18-14(12(8-22)6-17(26)25(18)13-2-3-13)7-15(21)19(11)24-9-16(23)20(10-24)4-5-20/h6-7,13,16H,2-5,8-10,22-23H2,1H3/t16-/m1/s1. The number of fused-ring (bicyclic) bond motifs is 1. The van der Waals surface area contributed by atoms with Crippen LogP contribution < -0.4 is 21.9 Å². The number of aryl methyl sites for hydroxylation is 1. The van der Waals surface area contributed by atoms with Crippen LogP contribution in [0.4, 0.5) is 10.1 Å². The zero-order valence-corrected chi connectivity index (χ0v) is 15.1. The van der Waals surface area contributed by atoms with E-state index in [0.717, 1.165) is 48.7 Å². The molecule has 138 valence electrons. The van der Waals surface area contributed by atoms with Crippen LogP contribution in [0.1, 0.15) is 42.9 Å². The molecule has 3 aliphatic rings. The zero-order valence-electron chi connectivity index (χ0n) is 15.1. The number of benzene rings is 1. The smallest absolute Gasteiger partial charge is 0.251 e. The van der Waals surface area contributed by atoms with Crippen molar-refractivity contribution in [2.24, 2.45) is 16.9 Å². The van der Waals surface area contributed by atoms with Gasteiger partial charge in [-0.15, -0.1) is 0 Å². The Morgan fingerprint density at radius 2 is 2.04 bits per heavy atom. The van der Waals surface area contributed by atoms with Crippen molar-refractivity contribution in [1.29, 1.82) is 0 Å². The zero-order chi connectivity index (χ0) is 18.2. The topological polar surface area (TPSA) is 77.3 Å². The maximum atomic E-state index is 15.2. The highest BCUT2D eigenvalue weighted by atomic mass is 19.1. The summed E-state index contributed by atoms with van der Waals surface area (Å²) >= 11 is 0. The molecule has 1 saturated heterocycles. The summed E-state index contributed by atoms with van der Waals surface area (Å²) in [5, 5.41) is 0.766. The molecule has 1 aromatic carbocycles. The highest BCUT2D eigenvalue weighted by molar-refractivity contribution is 5.90. The van der Waals surface area contributed by atoms with Crippen LogP contribution in [0.2, 0.25) is 0 Å². The Bertz CT molecular complexity index is 974. The van der Waals surface area contributed by atoms with Crippen molar-refractivity contribution >= 4 is 16.6 Å². The molecule has 1 aliphatic heterocycles. The maximum absolute atomic E-state index is 15.2. The third-order valence-corrected chi connectivity index (χ3v) is 6.63. The number of hydrogen-bond donors (Lipinski definition) is 2. The Hall–Kier alpha value is -1.92. The van der Waals surface area contributed by atoms with E-state index in [9.17, 15) is 4.79 Å². The molecule has 3 fully saturated rings. The summed E-state index contributed by atoms with van der Waals surface area (Å²) in [7, 11) is 0. The normalized spacial score (nSPS) is 24.0. The molecule has 1 spiro atoms. The van der Waals surface area contributed by atoms with E-state index in [1.54, 1.807) is 12.1 Å². The number of rotatable bonds is 3. The van der Waals surface area contributed by atoms with Gasteiger partial charge in [0.2, 0.25) is 0 Å². The number of pyridine rings is 1. The minimum atomic E-state index is -0.240. The van der Waals surface area contributed by atoms with Gasteiger partial charge in [0.15, 0.2) is 0 Å². The fraction of sp³-hybridized carbons (Fsp3) is 0.550. The monoisotopic (exact) mass is 356 g/mol. The van der Waals surface area contributed by atoms with Crippen molar-refractivity contribution in [3.63, 3.8) is 0 Å². The van der Waals surface area contributed by atoms with E-state index < -0.39 is 0 Å². The predicted molar refractivity (Wildman–Crippen MR) is 101 cm³/mol. The van der Waals surface area contributed by atoms with Crippen LogP contribution in [-0.4, -0.2) is 23.7 Å². The second-order valence-corrected chi connectivity index (χ2v) is 8.39. The first-order chi connectivity index (χ1) is 12.4. The van der Waals surface area contributed by atoms with Crippen molar-refractivity contribution in [2.45, 2.75) is 51.2 Å². The lowest BCUT2D eigenvalue weighted by Gasteiger charge is -2.25. The van der Waals surface area contributed by atoms with Gasteiger partial charge in [-0.05, 0) is 49.8 Å². The van der Waals surface area contributed by atoms with E-state index in [2.05, 4.69) is 4.90 Å². The van der Waals surface area contributed by atoms with Crippen LogP contribution in [-0.2, 0) is 6.54 Å². The van der Waals surface area contributed by atoms with Gasteiger partial charge in [0, 0.05) is 48.6 Å². The molecule has 0 unspecified atom stereocenters. The van der Waals surface area contributed by atoms with E-state index in [1.807, 2.05) is 11.5 Å². The summed E-state index contributed by atoms with van der Waals surface area (Å²) in [6.07, 6.45) is 4.26. The summed E-state index contributed by atoms with van der Waals surface area (Å²) in [5.74, 6) is -0.240. The van der Waals surface area contributed by atoms with Crippen LogP contribution in [0, 0.1) is 18.2 Å². The predicted octanol–water partition coefficient (Wildman–Crippen LogP) is 2.17. The van der Waals surface area contributed by atoms with Gasteiger partial charge in [-0.25, -0.2) is 4.39 Å². The van der Waals surface area contributed by atoms with Crippen molar-refractivity contribution in [3.8, 4) is 0 Å². The van der Waals surface area contributed by atoms with Crippen LogP contribution in [0.15, 0.2) is 16.9 Å². The molecule has 0 radical (unpaired) electrons. The quantitative estimate of drug-likeness (QED) is 0.884. The molecule has 2 saturated carbocycles. The first-order valence-electron chi connectivity index (χ1n) is 9.53. The number of anilines is 1. The summed E-state index contributed by atoms with van der Waals surface area (Å²) < 4.78 is 17.0. The lowest BCUT2D eigenvalue weighted by atomic mass is 10.0. The lowest BCUT2D eigenvalue weighted by Crippen LogP contribution is -2.30. The molecular weight excluding hydrogens is 331 g/mol. The molecule has 4 N–H and O–H groups in total. The van der Waals surface area contributed by atoms with Crippen LogP contribution in [0.25, 0.3) is 10.9 Å². The highest BCUT2D eigenvalue weighted by Gasteiger charge is 2.54. The number of hydrogen-bond acceptors (Lipinski definition) is 4. The molecule has 5 nitrogen and oxygen atoms in total. The molecule has 2 aromatic rings. The molecule has 1 aromatic heterocycles. The third-order valence-electron chi connectivity index (χ3n) is 6.63. The fourth-order valence-electron chi connectivity index (χ4n) is 4.82. The van der Waals surface area contributed by atoms with Crippen molar-refractivity contribution in [2.75, 3.05) is 18.0 Å². The average molecular weight is 356 g/mol. The van der Waals surface area contributed by atoms with Gasteiger partial charge in [-0.3, -0.25) is 4.79 Å². The molecule has 2 heterocycles. The van der Waals surface area contributed by atoms with Gasteiger partial charge in [-0.1, -0.05) is 0 Å². The fourth-order valence-corrected chi connectivity index (χ4v) is 4.82. The maximum Gasteiger partial charge on any atom is 0.251 e. The Labute approximate surface area is 151 Å². The molecule has 0 bridgehead atoms. The molecule has 0 amide bonds. The summed E-state index contributed by atoms with van der Waals surface area (Å²) in [6, 6.07) is 3.47. The van der Waals surface area contributed by atoms with Crippen LogP contribution >= 0.6 is 0 Å². The van der Waals surface area contributed by atoms with Gasteiger partial charge in [0.1, 0.15) is 5.82 Å². The molecule has 5 rings (SSSR count). The highest BCUT2D eigenvalue weighted by Crippen LogP contribution is 2.53. The average Bonchev–Trinajstić information content (AvgIpc) is 3.49. The molecule has 6 heteroatoms. The number of nitrogens with two attached hydrogens (primary N) is 2. The SMILES string of the molecule is Cc1c(N2C[C@@H](N)C3(CC3)C2)c(F)cc2c(CN)cc(=O)n(C3CC3)c12. The van der Waals surface area contributed by atoms with Crippen LogP contribution in [0.3, 0.4) is 0 Å². The molecule has 26 heavy (non-hydrogen) atoms. The van der Waals surface area contributed by atoms with Crippen LogP contribution in [0.5, 0.6) is 0 Å².